The number of aliphatic hydroxyl groups is 1. The zero-order chi connectivity index (χ0) is 13.5. The van der Waals surface area contributed by atoms with Gasteiger partial charge in [0, 0.05) is 24.8 Å². The lowest BCUT2D eigenvalue weighted by atomic mass is 10.0. The van der Waals surface area contributed by atoms with Crippen molar-refractivity contribution in [2.75, 3.05) is 6.61 Å². The number of rotatable bonds is 6. The van der Waals surface area contributed by atoms with E-state index in [4.69, 9.17) is 10.4 Å². The van der Waals surface area contributed by atoms with Crippen molar-refractivity contribution >= 4 is 0 Å². The van der Waals surface area contributed by atoms with Gasteiger partial charge in [0.25, 0.3) is 0 Å². The summed E-state index contributed by atoms with van der Waals surface area (Å²) in [6.07, 6.45) is 0.636. The van der Waals surface area contributed by atoms with Crippen LogP contribution in [0.25, 0.3) is 0 Å². The molecule has 0 saturated heterocycles. The highest BCUT2D eigenvalue weighted by Gasteiger charge is 2.14. The number of hydrogen-bond donors (Lipinski definition) is 2. The molecule has 0 radical (unpaired) electrons. The van der Waals surface area contributed by atoms with Crippen LogP contribution in [0.15, 0.2) is 18.2 Å². The number of nitrogens with zero attached hydrogens (tertiary/aromatic N) is 1. The fraction of sp³-hybridized carbons (Fsp3) is 0.500. The van der Waals surface area contributed by atoms with E-state index in [1.807, 2.05) is 6.07 Å². The molecule has 0 spiro atoms. The summed E-state index contributed by atoms with van der Waals surface area (Å²) in [5, 5.41) is 20.9. The Morgan fingerprint density at radius 3 is 2.72 bits per heavy atom. The normalized spacial score (nSPS) is 12.4. The van der Waals surface area contributed by atoms with E-state index in [-0.39, 0.29) is 18.2 Å². The molecule has 1 atom stereocenters. The Balaban J connectivity index is 2.71. The summed E-state index contributed by atoms with van der Waals surface area (Å²) in [6, 6.07) is 6.77. The van der Waals surface area contributed by atoms with Crippen molar-refractivity contribution in [1.29, 1.82) is 5.26 Å². The van der Waals surface area contributed by atoms with Crippen molar-refractivity contribution in [3.05, 3.63) is 35.1 Å². The first-order valence-corrected chi connectivity index (χ1v) is 6.11. The summed E-state index contributed by atoms with van der Waals surface area (Å²) in [5.74, 6) is -0.0987. The van der Waals surface area contributed by atoms with E-state index in [9.17, 15) is 4.39 Å². The number of nitriles is 1. The first-order valence-electron chi connectivity index (χ1n) is 6.11. The van der Waals surface area contributed by atoms with Crippen molar-refractivity contribution in [3.63, 3.8) is 0 Å². The molecule has 0 bridgehead atoms. The van der Waals surface area contributed by atoms with Gasteiger partial charge in [-0.1, -0.05) is 26.0 Å². The second-order valence-electron chi connectivity index (χ2n) is 4.63. The molecular formula is C14H19FN2O. The van der Waals surface area contributed by atoms with Gasteiger partial charge in [0.2, 0.25) is 0 Å². The molecule has 18 heavy (non-hydrogen) atoms. The van der Waals surface area contributed by atoms with E-state index in [0.29, 0.717) is 24.4 Å². The number of nitrogens with one attached hydrogen (secondary N) is 1. The average molecular weight is 250 g/mol. The number of halogens is 1. The van der Waals surface area contributed by atoms with Crippen molar-refractivity contribution < 1.29 is 9.50 Å². The van der Waals surface area contributed by atoms with Gasteiger partial charge in [-0.05, 0) is 18.4 Å². The van der Waals surface area contributed by atoms with Crippen LogP contribution in [-0.2, 0) is 6.54 Å². The van der Waals surface area contributed by atoms with E-state index in [0.717, 1.165) is 0 Å². The van der Waals surface area contributed by atoms with Crippen LogP contribution in [0.2, 0.25) is 0 Å². The highest BCUT2D eigenvalue weighted by atomic mass is 19.1. The minimum atomic E-state index is -0.459. The molecule has 1 unspecified atom stereocenters. The van der Waals surface area contributed by atoms with Gasteiger partial charge in [0.1, 0.15) is 11.9 Å². The first-order chi connectivity index (χ1) is 8.60. The Morgan fingerprint density at radius 2 is 2.17 bits per heavy atom. The molecule has 3 nitrogen and oxygen atoms in total. The minimum Gasteiger partial charge on any atom is -0.396 e. The molecule has 0 saturated carbocycles. The van der Waals surface area contributed by atoms with Crippen LogP contribution in [0.4, 0.5) is 4.39 Å². The third-order valence-corrected chi connectivity index (χ3v) is 3.00. The van der Waals surface area contributed by atoms with Gasteiger partial charge in [0.15, 0.2) is 0 Å². The monoisotopic (exact) mass is 250 g/mol. The summed E-state index contributed by atoms with van der Waals surface area (Å²) >= 11 is 0. The zero-order valence-electron chi connectivity index (χ0n) is 10.8. The van der Waals surface area contributed by atoms with Gasteiger partial charge in [-0.2, -0.15) is 5.26 Å². The lowest BCUT2D eigenvalue weighted by molar-refractivity contribution is 0.243. The van der Waals surface area contributed by atoms with Crippen LogP contribution in [0.1, 0.15) is 31.4 Å². The molecule has 0 fully saturated rings. The molecule has 4 heteroatoms. The number of benzene rings is 1. The summed E-state index contributed by atoms with van der Waals surface area (Å²) < 4.78 is 13.8. The molecule has 1 aromatic rings. The topological polar surface area (TPSA) is 56.0 Å². The van der Waals surface area contributed by atoms with Crippen LogP contribution in [-0.4, -0.2) is 17.8 Å². The van der Waals surface area contributed by atoms with Gasteiger partial charge in [-0.15, -0.1) is 0 Å². The average Bonchev–Trinajstić information content (AvgIpc) is 2.35. The Labute approximate surface area is 107 Å². The van der Waals surface area contributed by atoms with Crippen molar-refractivity contribution in [2.45, 2.75) is 32.9 Å². The Bertz CT molecular complexity index is 426. The predicted octanol–water partition coefficient (Wildman–Crippen LogP) is 2.19. The molecular weight excluding hydrogens is 231 g/mol. The quantitative estimate of drug-likeness (QED) is 0.813. The lowest BCUT2D eigenvalue weighted by Crippen LogP contribution is -2.34. The maximum Gasteiger partial charge on any atom is 0.145 e. The summed E-state index contributed by atoms with van der Waals surface area (Å²) in [5.41, 5.74) is 0.551. The van der Waals surface area contributed by atoms with Gasteiger partial charge < -0.3 is 10.4 Å². The molecule has 0 aromatic heterocycles. The molecule has 0 heterocycles. The highest BCUT2D eigenvalue weighted by Crippen LogP contribution is 2.13. The van der Waals surface area contributed by atoms with E-state index in [1.165, 1.54) is 6.07 Å². The standard InChI is InChI=1S/C14H19FN2O/c1-10(2)13(6-7-18)17-9-12-5-3-4-11(8-16)14(12)15/h3-5,10,13,17-18H,6-7,9H2,1-2H3. The van der Waals surface area contributed by atoms with Crippen LogP contribution in [0.5, 0.6) is 0 Å². The van der Waals surface area contributed by atoms with Gasteiger partial charge in [-0.25, -0.2) is 4.39 Å². The van der Waals surface area contributed by atoms with Crippen molar-refractivity contribution in [1.82, 2.24) is 5.32 Å². The molecule has 0 aliphatic carbocycles. The van der Waals surface area contributed by atoms with E-state index >= 15 is 0 Å². The van der Waals surface area contributed by atoms with E-state index in [2.05, 4.69) is 19.2 Å². The molecule has 0 aliphatic rings. The molecule has 1 rings (SSSR count). The van der Waals surface area contributed by atoms with Crippen LogP contribution < -0.4 is 5.32 Å². The van der Waals surface area contributed by atoms with E-state index in [1.54, 1.807) is 12.1 Å². The Morgan fingerprint density at radius 1 is 1.44 bits per heavy atom. The van der Waals surface area contributed by atoms with Crippen molar-refractivity contribution in [3.8, 4) is 6.07 Å². The number of hydrogen-bond acceptors (Lipinski definition) is 3. The maximum absolute atomic E-state index is 13.8. The molecule has 0 amide bonds. The van der Waals surface area contributed by atoms with Crippen LogP contribution in [0, 0.1) is 23.1 Å². The van der Waals surface area contributed by atoms with Crippen LogP contribution in [0.3, 0.4) is 0 Å². The molecule has 1 aromatic carbocycles. The third-order valence-electron chi connectivity index (χ3n) is 3.00. The van der Waals surface area contributed by atoms with Gasteiger partial charge >= 0.3 is 0 Å². The molecule has 98 valence electrons. The molecule has 2 N–H and O–H groups in total. The second kappa shape index (κ2) is 7.10. The van der Waals surface area contributed by atoms with Gasteiger partial charge in [0.05, 0.1) is 5.56 Å². The smallest absolute Gasteiger partial charge is 0.145 e. The Kier molecular flexibility index (Phi) is 5.76. The Hall–Kier alpha value is -1.44. The van der Waals surface area contributed by atoms with E-state index < -0.39 is 5.82 Å². The second-order valence-corrected chi connectivity index (χ2v) is 4.63. The largest absolute Gasteiger partial charge is 0.396 e. The highest BCUT2D eigenvalue weighted by molar-refractivity contribution is 5.34. The third kappa shape index (κ3) is 3.80. The first kappa shape index (κ1) is 14.6. The SMILES string of the molecule is CC(C)C(CCO)NCc1cccc(C#N)c1F. The predicted molar refractivity (Wildman–Crippen MR) is 68.3 cm³/mol. The molecule has 0 aliphatic heterocycles. The minimum absolute atomic E-state index is 0.0672. The fourth-order valence-corrected chi connectivity index (χ4v) is 1.85. The number of aliphatic hydroxyl groups excluding tert-OH is 1. The van der Waals surface area contributed by atoms with Crippen LogP contribution >= 0.6 is 0 Å². The summed E-state index contributed by atoms with van der Waals surface area (Å²) in [4.78, 5) is 0. The maximum atomic E-state index is 13.8. The van der Waals surface area contributed by atoms with Gasteiger partial charge in [-0.3, -0.25) is 0 Å². The summed E-state index contributed by atoms with van der Waals surface area (Å²) in [7, 11) is 0. The fourth-order valence-electron chi connectivity index (χ4n) is 1.85. The zero-order valence-corrected chi connectivity index (χ0v) is 10.8. The van der Waals surface area contributed by atoms with Crippen molar-refractivity contribution in [2.24, 2.45) is 5.92 Å². The summed E-state index contributed by atoms with van der Waals surface area (Å²) in [6.45, 7) is 4.57. The lowest BCUT2D eigenvalue weighted by Gasteiger charge is -2.21.